The second-order valence-corrected chi connectivity index (χ2v) is 7.22. The van der Waals surface area contributed by atoms with Gasteiger partial charge in [-0.1, -0.05) is 29.8 Å². The zero-order valence-corrected chi connectivity index (χ0v) is 16.1. The van der Waals surface area contributed by atoms with Gasteiger partial charge < -0.3 is 16.4 Å². The summed E-state index contributed by atoms with van der Waals surface area (Å²) >= 11 is 0. The monoisotopic (exact) mass is 387 g/mol. The number of pyridine rings is 1. The first-order chi connectivity index (χ1) is 13.9. The van der Waals surface area contributed by atoms with Crippen molar-refractivity contribution in [2.24, 2.45) is 10.7 Å². The molecule has 2 atom stereocenters. The summed E-state index contributed by atoms with van der Waals surface area (Å²) in [5.41, 5.74) is 8.32. The van der Waals surface area contributed by atoms with Gasteiger partial charge in [-0.15, -0.1) is 0 Å². The molecule has 7 heteroatoms. The summed E-state index contributed by atoms with van der Waals surface area (Å²) < 4.78 is 0. The van der Waals surface area contributed by atoms with Crippen LogP contribution in [0.4, 0.5) is 5.69 Å². The van der Waals surface area contributed by atoms with E-state index >= 15 is 0 Å². The van der Waals surface area contributed by atoms with Gasteiger partial charge in [0.2, 0.25) is 0 Å². The number of hydrogen-bond acceptors (Lipinski definition) is 5. The fourth-order valence-electron chi connectivity index (χ4n) is 3.85. The molecule has 0 aliphatic carbocycles. The molecule has 7 nitrogen and oxygen atoms in total. The first kappa shape index (κ1) is 18.6. The summed E-state index contributed by atoms with van der Waals surface area (Å²) in [6.45, 7) is 3.85. The van der Waals surface area contributed by atoms with Crippen molar-refractivity contribution < 1.29 is 9.59 Å². The predicted octanol–water partition coefficient (Wildman–Crippen LogP) is 2.17. The van der Waals surface area contributed by atoms with Crippen molar-refractivity contribution in [1.82, 2.24) is 10.3 Å². The van der Waals surface area contributed by atoms with Gasteiger partial charge in [-0.25, -0.2) is 0 Å². The van der Waals surface area contributed by atoms with Gasteiger partial charge in [0.25, 0.3) is 11.8 Å². The molecule has 0 radical (unpaired) electrons. The average molecular weight is 387 g/mol. The Balaban J connectivity index is 1.70. The van der Waals surface area contributed by atoms with Crippen molar-refractivity contribution in [2.75, 3.05) is 5.32 Å². The van der Waals surface area contributed by atoms with Crippen molar-refractivity contribution in [3.8, 4) is 0 Å². The zero-order valence-electron chi connectivity index (χ0n) is 16.1. The van der Waals surface area contributed by atoms with Gasteiger partial charge in [0.1, 0.15) is 0 Å². The van der Waals surface area contributed by atoms with Gasteiger partial charge in [-0.3, -0.25) is 19.6 Å². The van der Waals surface area contributed by atoms with Crippen LogP contribution < -0.4 is 16.4 Å². The van der Waals surface area contributed by atoms with E-state index in [1.54, 1.807) is 12.3 Å². The van der Waals surface area contributed by atoms with Gasteiger partial charge in [0, 0.05) is 17.3 Å². The lowest BCUT2D eigenvalue weighted by atomic mass is 9.80. The number of carbonyl (C=O) groups is 2. The minimum Gasteiger partial charge on any atom is -0.367 e. The summed E-state index contributed by atoms with van der Waals surface area (Å²) in [4.78, 5) is 34.3. The highest BCUT2D eigenvalue weighted by Crippen LogP contribution is 2.33. The second-order valence-electron chi connectivity index (χ2n) is 7.22. The number of aromatic nitrogens is 1. The number of nitrogens with one attached hydrogen (secondary N) is 2. The first-order valence-electron chi connectivity index (χ1n) is 9.24. The minimum atomic E-state index is -1.44. The van der Waals surface area contributed by atoms with Crippen LogP contribution in [0.5, 0.6) is 0 Å². The number of aryl methyl sites for hydroxylation is 2. The lowest BCUT2D eigenvalue weighted by Gasteiger charge is -2.32. The smallest absolute Gasteiger partial charge is 0.252 e. The molecule has 2 heterocycles. The molecule has 0 fully saturated rings. The van der Waals surface area contributed by atoms with Crippen LogP contribution in [-0.4, -0.2) is 29.2 Å². The number of nitrogens with zero attached hydrogens (tertiary/aromatic N) is 2. The molecule has 2 unspecified atom stereocenters. The fraction of sp³-hybridized carbons (Fsp3) is 0.182. The Labute approximate surface area is 168 Å². The van der Waals surface area contributed by atoms with Crippen LogP contribution in [0, 0.1) is 13.8 Å². The summed E-state index contributed by atoms with van der Waals surface area (Å²) in [7, 11) is 0. The third-order valence-electron chi connectivity index (χ3n) is 5.24. The van der Waals surface area contributed by atoms with E-state index in [-0.39, 0.29) is 0 Å². The Morgan fingerprint density at radius 1 is 1.14 bits per heavy atom. The molecule has 29 heavy (non-hydrogen) atoms. The van der Waals surface area contributed by atoms with Crippen molar-refractivity contribution in [3.63, 3.8) is 0 Å². The molecule has 0 spiro atoms. The predicted molar refractivity (Wildman–Crippen MR) is 113 cm³/mol. The molecular formula is C22H21N5O2. The Bertz CT molecular complexity index is 1160. The number of rotatable bonds is 4. The minimum absolute atomic E-state index is 0.423. The SMILES string of the molecule is Cc1ccc(C2(C(N)=O)NC=NC2C(=O)Nc2ccc3ncccc3c2)c(C)c1. The van der Waals surface area contributed by atoms with E-state index in [9.17, 15) is 9.59 Å². The van der Waals surface area contributed by atoms with E-state index < -0.39 is 23.4 Å². The van der Waals surface area contributed by atoms with Crippen molar-refractivity contribution in [2.45, 2.75) is 25.4 Å². The quantitative estimate of drug-likeness (QED) is 0.637. The molecule has 2 amide bonds. The molecule has 1 aliphatic heterocycles. The lowest BCUT2D eigenvalue weighted by Crippen LogP contribution is -2.59. The normalized spacial score (nSPS) is 20.4. The number of hydrogen-bond donors (Lipinski definition) is 3. The Morgan fingerprint density at radius 2 is 1.97 bits per heavy atom. The Hall–Kier alpha value is -3.74. The van der Waals surface area contributed by atoms with Crippen LogP contribution >= 0.6 is 0 Å². The first-order valence-corrected chi connectivity index (χ1v) is 9.24. The standard InChI is InChI=1S/C22H21N5O2/c1-13-5-7-17(14(2)10-13)22(21(23)29)19(25-12-26-22)20(28)27-16-6-8-18-15(11-16)4-3-9-24-18/h3-12,19H,1-2H3,(H2,23,29)(H,25,26)(H,27,28). The molecule has 0 bridgehead atoms. The number of benzene rings is 2. The van der Waals surface area contributed by atoms with E-state index in [0.717, 1.165) is 22.0 Å². The maximum atomic E-state index is 13.1. The van der Waals surface area contributed by atoms with Crippen molar-refractivity contribution in [1.29, 1.82) is 0 Å². The molecule has 1 aromatic heterocycles. The molecule has 4 N–H and O–H groups in total. The highest BCUT2D eigenvalue weighted by molar-refractivity contribution is 6.05. The number of fused-ring (bicyclic) bond motifs is 1. The molecule has 0 saturated heterocycles. The van der Waals surface area contributed by atoms with Crippen molar-refractivity contribution >= 4 is 34.7 Å². The van der Waals surface area contributed by atoms with Crippen LogP contribution in [0.25, 0.3) is 10.9 Å². The fourth-order valence-corrected chi connectivity index (χ4v) is 3.85. The lowest BCUT2D eigenvalue weighted by molar-refractivity contribution is -0.129. The molecule has 2 aromatic carbocycles. The number of nitrogens with two attached hydrogens (primary N) is 1. The van der Waals surface area contributed by atoms with Crippen LogP contribution in [-0.2, 0) is 15.1 Å². The number of primary amides is 1. The van der Waals surface area contributed by atoms with Gasteiger partial charge in [-0.05, 0) is 49.2 Å². The van der Waals surface area contributed by atoms with E-state index in [4.69, 9.17) is 5.73 Å². The van der Waals surface area contributed by atoms with Gasteiger partial charge >= 0.3 is 0 Å². The van der Waals surface area contributed by atoms with Crippen LogP contribution in [0.2, 0.25) is 0 Å². The highest BCUT2D eigenvalue weighted by Gasteiger charge is 2.52. The van der Waals surface area contributed by atoms with Crippen molar-refractivity contribution in [3.05, 3.63) is 71.4 Å². The average Bonchev–Trinajstić information content (AvgIpc) is 3.14. The largest absolute Gasteiger partial charge is 0.367 e. The van der Waals surface area contributed by atoms with E-state index in [0.29, 0.717) is 11.3 Å². The summed E-state index contributed by atoms with van der Waals surface area (Å²) in [6, 6.07) is 13.8. The van der Waals surface area contributed by atoms with Crippen LogP contribution in [0.15, 0.2) is 59.7 Å². The molecule has 1 aliphatic rings. The van der Waals surface area contributed by atoms with Crippen LogP contribution in [0.1, 0.15) is 16.7 Å². The second kappa shape index (κ2) is 7.01. The maximum absolute atomic E-state index is 13.1. The van der Waals surface area contributed by atoms with Gasteiger partial charge in [-0.2, -0.15) is 0 Å². The third kappa shape index (κ3) is 3.10. The van der Waals surface area contributed by atoms with E-state index in [1.807, 2.05) is 56.3 Å². The number of amides is 2. The summed E-state index contributed by atoms with van der Waals surface area (Å²) in [5, 5.41) is 6.71. The van der Waals surface area contributed by atoms with Crippen LogP contribution in [0.3, 0.4) is 0 Å². The Morgan fingerprint density at radius 3 is 2.72 bits per heavy atom. The topological polar surface area (TPSA) is 109 Å². The molecule has 3 aromatic rings. The Kier molecular flexibility index (Phi) is 4.50. The van der Waals surface area contributed by atoms with E-state index in [2.05, 4.69) is 20.6 Å². The highest BCUT2D eigenvalue weighted by atomic mass is 16.2. The molecular weight excluding hydrogens is 366 g/mol. The van der Waals surface area contributed by atoms with Gasteiger partial charge in [0.15, 0.2) is 11.6 Å². The maximum Gasteiger partial charge on any atom is 0.252 e. The van der Waals surface area contributed by atoms with Gasteiger partial charge in [0.05, 0.1) is 11.9 Å². The summed E-state index contributed by atoms with van der Waals surface area (Å²) in [6.07, 6.45) is 3.09. The summed E-state index contributed by atoms with van der Waals surface area (Å²) in [5.74, 6) is -1.09. The van der Waals surface area contributed by atoms with E-state index in [1.165, 1.54) is 6.34 Å². The zero-order chi connectivity index (χ0) is 20.6. The third-order valence-corrected chi connectivity index (χ3v) is 5.24. The molecule has 146 valence electrons. The number of aliphatic imine (C=N–C) groups is 1. The number of anilines is 1. The molecule has 0 saturated carbocycles. The molecule has 4 rings (SSSR count). The number of carbonyl (C=O) groups excluding carboxylic acids is 2.